The van der Waals surface area contributed by atoms with E-state index in [-0.39, 0.29) is 11.8 Å². The van der Waals surface area contributed by atoms with Gasteiger partial charge in [-0.25, -0.2) is 0 Å². The van der Waals surface area contributed by atoms with Gasteiger partial charge in [-0.05, 0) is 24.3 Å². The van der Waals surface area contributed by atoms with Crippen molar-refractivity contribution >= 4 is 29.1 Å². The molecule has 0 saturated carbocycles. The highest BCUT2D eigenvalue weighted by Crippen LogP contribution is 2.19. The first-order chi connectivity index (χ1) is 12.1. The number of hydrogen-bond donors (Lipinski definition) is 2. The fourth-order valence-corrected chi connectivity index (χ4v) is 3.13. The third-order valence-electron chi connectivity index (χ3n) is 4.34. The Hall–Kier alpha value is -2.37. The first-order valence-electron chi connectivity index (χ1n) is 8.36. The molecule has 1 heterocycles. The summed E-state index contributed by atoms with van der Waals surface area (Å²) in [5, 5.41) is 3.38. The predicted molar refractivity (Wildman–Crippen MR) is 98.0 cm³/mol. The van der Waals surface area contributed by atoms with Gasteiger partial charge in [-0.15, -0.1) is 0 Å². The van der Waals surface area contributed by atoms with Gasteiger partial charge in [-0.3, -0.25) is 9.59 Å². The zero-order valence-electron chi connectivity index (χ0n) is 13.9. The van der Waals surface area contributed by atoms with Crippen LogP contribution in [0.2, 0.25) is 5.02 Å². The molecular weight excluding hydrogens is 338 g/mol. The second-order valence-corrected chi connectivity index (χ2v) is 6.52. The maximum atomic E-state index is 12.4. The number of benzene rings is 2. The molecule has 6 heteroatoms. The van der Waals surface area contributed by atoms with E-state index in [0.717, 1.165) is 13.1 Å². The number of piperazine rings is 1. The van der Waals surface area contributed by atoms with E-state index in [0.29, 0.717) is 35.9 Å². The van der Waals surface area contributed by atoms with E-state index in [9.17, 15) is 9.59 Å². The Labute approximate surface area is 152 Å². The first-order valence-corrected chi connectivity index (χ1v) is 8.73. The maximum absolute atomic E-state index is 12.4. The summed E-state index contributed by atoms with van der Waals surface area (Å²) in [5.74, 6) is -0.00824. The SMILES string of the molecule is O=C(C[NH+]1CCN(C(=O)c2ccccc2)CC1)Nc1ccccc1Cl. The molecule has 25 heavy (non-hydrogen) atoms. The predicted octanol–water partition coefficient (Wildman–Crippen LogP) is 1.32. The Kier molecular flexibility index (Phi) is 5.68. The van der Waals surface area contributed by atoms with Gasteiger partial charge in [0, 0.05) is 5.56 Å². The molecule has 2 aromatic rings. The van der Waals surface area contributed by atoms with Crippen molar-refractivity contribution in [3.8, 4) is 0 Å². The fourth-order valence-electron chi connectivity index (χ4n) is 2.95. The summed E-state index contributed by atoms with van der Waals surface area (Å²) in [6.07, 6.45) is 0. The van der Waals surface area contributed by atoms with Gasteiger partial charge in [0.05, 0.1) is 36.9 Å². The number of nitrogens with one attached hydrogen (secondary N) is 2. The number of nitrogens with zero attached hydrogens (tertiary/aromatic N) is 1. The lowest BCUT2D eigenvalue weighted by Gasteiger charge is -2.32. The van der Waals surface area contributed by atoms with Crippen molar-refractivity contribution in [1.29, 1.82) is 0 Å². The molecule has 130 valence electrons. The number of halogens is 1. The second kappa shape index (κ2) is 8.14. The number of para-hydroxylation sites is 1. The minimum Gasteiger partial charge on any atom is -0.327 e. The number of hydrogen-bond acceptors (Lipinski definition) is 2. The number of carbonyl (C=O) groups is 2. The average molecular weight is 359 g/mol. The molecule has 2 aromatic carbocycles. The Balaban J connectivity index is 1.48. The second-order valence-electron chi connectivity index (χ2n) is 6.11. The van der Waals surface area contributed by atoms with Crippen LogP contribution in [0.25, 0.3) is 0 Å². The van der Waals surface area contributed by atoms with Crippen LogP contribution in [-0.4, -0.2) is 49.4 Å². The van der Waals surface area contributed by atoms with Crippen LogP contribution in [0.4, 0.5) is 5.69 Å². The Bertz CT molecular complexity index is 743. The van der Waals surface area contributed by atoms with Crippen LogP contribution in [0, 0.1) is 0 Å². The monoisotopic (exact) mass is 358 g/mol. The zero-order valence-corrected chi connectivity index (χ0v) is 14.6. The molecule has 0 unspecified atom stereocenters. The summed E-state index contributed by atoms with van der Waals surface area (Å²) in [6.45, 7) is 3.20. The summed E-state index contributed by atoms with van der Waals surface area (Å²) in [5.41, 5.74) is 1.34. The average Bonchev–Trinajstić information content (AvgIpc) is 2.64. The summed E-state index contributed by atoms with van der Waals surface area (Å²) in [4.78, 5) is 27.6. The van der Waals surface area contributed by atoms with Gasteiger partial charge in [0.25, 0.3) is 11.8 Å². The lowest BCUT2D eigenvalue weighted by atomic mass is 10.2. The molecule has 1 aliphatic heterocycles. The van der Waals surface area contributed by atoms with Gasteiger partial charge in [0.2, 0.25) is 0 Å². The largest absolute Gasteiger partial charge is 0.327 e. The van der Waals surface area contributed by atoms with Crippen molar-refractivity contribution in [2.45, 2.75) is 0 Å². The minimum atomic E-state index is -0.0639. The van der Waals surface area contributed by atoms with Crippen molar-refractivity contribution in [3.05, 3.63) is 65.2 Å². The molecule has 1 saturated heterocycles. The van der Waals surface area contributed by atoms with Crippen molar-refractivity contribution in [2.75, 3.05) is 38.0 Å². The smallest absolute Gasteiger partial charge is 0.279 e. The Morgan fingerprint density at radius 2 is 1.64 bits per heavy atom. The Morgan fingerprint density at radius 3 is 2.32 bits per heavy atom. The molecule has 0 spiro atoms. The highest BCUT2D eigenvalue weighted by Gasteiger charge is 2.25. The number of anilines is 1. The van der Waals surface area contributed by atoms with Gasteiger partial charge >= 0.3 is 0 Å². The van der Waals surface area contributed by atoms with Crippen LogP contribution in [0.1, 0.15) is 10.4 Å². The third-order valence-corrected chi connectivity index (χ3v) is 4.67. The summed E-state index contributed by atoms with van der Waals surface area (Å²) in [7, 11) is 0. The van der Waals surface area contributed by atoms with Crippen molar-refractivity contribution in [2.24, 2.45) is 0 Å². The lowest BCUT2D eigenvalue weighted by Crippen LogP contribution is -3.15. The van der Waals surface area contributed by atoms with E-state index < -0.39 is 0 Å². The van der Waals surface area contributed by atoms with Crippen molar-refractivity contribution in [1.82, 2.24) is 4.90 Å². The molecule has 3 rings (SSSR count). The Morgan fingerprint density at radius 1 is 1.00 bits per heavy atom. The van der Waals surface area contributed by atoms with E-state index in [1.807, 2.05) is 47.4 Å². The normalized spacial score (nSPS) is 15.0. The van der Waals surface area contributed by atoms with Gasteiger partial charge in [-0.1, -0.05) is 41.9 Å². The van der Waals surface area contributed by atoms with Gasteiger partial charge < -0.3 is 15.1 Å². The third kappa shape index (κ3) is 4.59. The quantitative estimate of drug-likeness (QED) is 0.866. The number of carbonyl (C=O) groups excluding carboxylic acids is 2. The van der Waals surface area contributed by atoms with E-state index in [1.165, 1.54) is 4.90 Å². The molecule has 1 fully saturated rings. The van der Waals surface area contributed by atoms with Crippen LogP contribution in [0.3, 0.4) is 0 Å². The van der Waals surface area contributed by atoms with E-state index in [2.05, 4.69) is 5.32 Å². The molecule has 0 radical (unpaired) electrons. The maximum Gasteiger partial charge on any atom is 0.279 e. The summed E-state index contributed by atoms with van der Waals surface area (Å²) in [6, 6.07) is 16.5. The van der Waals surface area contributed by atoms with Crippen molar-refractivity contribution < 1.29 is 14.5 Å². The molecule has 0 aliphatic carbocycles. The van der Waals surface area contributed by atoms with Crippen molar-refractivity contribution in [3.63, 3.8) is 0 Å². The topological polar surface area (TPSA) is 53.9 Å². The molecule has 5 nitrogen and oxygen atoms in total. The minimum absolute atomic E-state index is 0.0557. The molecule has 1 aliphatic rings. The summed E-state index contributed by atoms with van der Waals surface area (Å²) >= 11 is 6.06. The molecule has 2 amide bonds. The number of amides is 2. The fraction of sp³-hybridized carbons (Fsp3) is 0.263. The molecular formula is C19H21ClN3O2+. The molecule has 2 N–H and O–H groups in total. The first kappa shape index (κ1) is 17.5. The highest BCUT2D eigenvalue weighted by atomic mass is 35.5. The van der Waals surface area contributed by atoms with E-state index in [4.69, 9.17) is 11.6 Å². The van der Waals surface area contributed by atoms with E-state index >= 15 is 0 Å². The van der Waals surface area contributed by atoms with Crippen LogP contribution in [0.15, 0.2) is 54.6 Å². The zero-order chi connectivity index (χ0) is 17.6. The van der Waals surface area contributed by atoms with E-state index in [1.54, 1.807) is 12.1 Å². The van der Waals surface area contributed by atoms with Gasteiger partial charge in [0.15, 0.2) is 6.54 Å². The van der Waals surface area contributed by atoms with Crippen LogP contribution in [-0.2, 0) is 4.79 Å². The number of quaternary nitrogens is 1. The molecule has 0 bridgehead atoms. The standard InChI is InChI=1S/C19H20ClN3O2/c20-16-8-4-5-9-17(16)21-18(24)14-22-10-12-23(13-11-22)19(25)15-6-2-1-3-7-15/h1-9H,10-14H2,(H,21,24)/p+1. The van der Waals surface area contributed by atoms with Gasteiger partial charge in [-0.2, -0.15) is 0 Å². The highest BCUT2D eigenvalue weighted by molar-refractivity contribution is 6.33. The lowest BCUT2D eigenvalue weighted by molar-refractivity contribution is -0.895. The van der Waals surface area contributed by atoms with Gasteiger partial charge in [0.1, 0.15) is 0 Å². The molecule has 0 aromatic heterocycles. The van der Waals surface area contributed by atoms with Crippen LogP contribution >= 0.6 is 11.6 Å². The number of rotatable bonds is 4. The molecule has 0 atom stereocenters. The van der Waals surface area contributed by atoms with Crippen LogP contribution < -0.4 is 10.2 Å². The van der Waals surface area contributed by atoms with Crippen LogP contribution in [0.5, 0.6) is 0 Å². The summed E-state index contributed by atoms with van der Waals surface area (Å²) < 4.78 is 0.